The van der Waals surface area contributed by atoms with Gasteiger partial charge >= 0.3 is 0 Å². The van der Waals surface area contributed by atoms with Crippen LogP contribution in [0.25, 0.3) is 0 Å². The van der Waals surface area contributed by atoms with Crippen LogP contribution in [-0.4, -0.2) is 17.6 Å². The molecule has 1 aromatic heterocycles. The van der Waals surface area contributed by atoms with Crippen LogP contribution in [0.15, 0.2) is 58.2 Å². The van der Waals surface area contributed by atoms with Gasteiger partial charge in [-0.1, -0.05) is 15.9 Å². The minimum Gasteiger partial charge on any atom is -0.412 e. The van der Waals surface area contributed by atoms with Crippen LogP contribution in [0.5, 0.6) is 0 Å². The van der Waals surface area contributed by atoms with Gasteiger partial charge in [0.2, 0.25) is 5.69 Å². The predicted octanol–water partition coefficient (Wildman–Crippen LogP) is -3.55. The molecule has 0 saturated carbocycles. The number of aromatic amines is 1. The molecular weight excluding hydrogens is 410 g/mol. The zero-order valence-corrected chi connectivity index (χ0v) is 14.3. The zero-order valence-electron chi connectivity index (χ0n) is 11.9. The van der Waals surface area contributed by atoms with Gasteiger partial charge in [0.15, 0.2) is 6.20 Å². The minimum absolute atomic E-state index is 0. The summed E-state index contributed by atoms with van der Waals surface area (Å²) < 4.78 is 34.9. The van der Waals surface area contributed by atoms with E-state index < -0.39 is 10.2 Å². The molecule has 9 nitrogen and oxygen atoms in total. The number of hydrogen-bond donors (Lipinski definition) is 1. The van der Waals surface area contributed by atoms with Crippen molar-refractivity contribution in [3.05, 3.63) is 64.4 Å². The molecule has 0 unspecified atom stereocenters. The summed E-state index contributed by atoms with van der Waals surface area (Å²) in [5.74, 6) is -0.241. The van der Waals surface area contributed by atoms with Crippen LogP contribution in [0.4, 0.5) is 0 Å². The SMILES string of the molecule is O.O=C(N/N=C/c1cccc[nH+]1)c1ccc(Br)cc1.[O-][Cl+3]([O-])([O-])[O-]. The molecule has 0 radical (unpaired) electrons. The molecule has 2 rings (SSSR count). The van der Waals surface area contributed by atoms with Crippen molar-refractivity contribution in [2.75, 3.05) is 0 Å². The van der Waals surface area contributed by atoms with E-state index in [9.17, 15) is 4.79 Å². The number of pyridine rings is 1. The highest BCUT2D eigenvalue weighted by Crippen LogP contribution is 2.10. The molecule has 4 N–H and O–H groups in total. The second kappa shape index (κ2) is 10.8. The van der Waals surface area contributed by atoms with Gasteiger partial charge < -0.3 is 5.48 Å². The third-order valence-electron chi connectivity index (χ3n) is 2.21. The van der Waals surface area contributed by atoms with Gasteiger partial charge in [0.25, 0.3) is 5.91 Å². The van der Waals surface area contributed by atoms with Crippen molar-refractivity contribution in [1.29, 1.82) is 0 Å². The Balaban J connectivity index is 0.000000777. The fourth-order valence-electron chi connectivity index (χ4n) is 1.31. The van der Waals surface area contributed by atoms with Gasteiger partial charge in [0.1, 0.15) is 6.21 Å². The zero-order chi connectivity index (χ0) is 17.3. The van der Waals surface area contributed by atoms with E-state index >= 15 is 0 Å². The Morgan fingerprint density at radius 3 is 2.21 bits per heavy atom. The number of aromatic nitrogens is 1. The average molecular weight is 423 g/mol. The van der Waals surface area contributed by atoms with Crippen molar-refractivity contribution >= 4 is 28.1 Å². The Bertz CT molecular complexity index is 643. The molecule has 0 atom stereocenters. The van der Waals surface area contributed by atoms with Gasteiger partial charge in [-0.25, -0.2) is 29.0 Å². The lowest BCUT2D eigenvalue weighted by atomic mass is 10.2. The molecule has 11 heteroatoms. The number of H-pyrrole nitrogens is 1. The summed E-state index contributed by atoms with van der Waals surface area (Å²) in [5, 5.41) is 3.87. The van der Waals surface area contributed by atoms with Crippen LogP contribution in [-0.2, 0) is 0 Å². The van der Waals surface area contributed by atoms with Crippen molar-refractivity contribution < 1.29 is 44.1 Å². The van der Waals surface area contributed by atoms with E-state index in [4.69, 9.17) is 18.6 Å². The summed E-state index contributed by atoms with van der Waals surface area (Å²) in [7, 11) is -4.94. The Morgan fingerprint density at radius 2 is 1.71 bits per heavy atom. The van der Waals surface area contributed by atoms with Crippen molar-refractivity contribution in [3.8, 4) is 0 Å². The molecule has 0 aliphatic carbocycles. The molecule has 0 bridgehead atoms. The lowest BCUT2D eigenvalue weighted by Gasteiger charge is -2.17. The first-order valence-corrected chi connectivity index (χ1v) is 7.96. The first-order chi connectivity index (χ1) is 10.8. The molecule has 0 fully saturated rings. The second-order valence-corrected chi connectivity index (χ2v) is 5.57. The second-order valence-electron chi connectivity index (χ2n) is 3.90. The number of benzene rings is 1. The Kier molecular flexibility index (Phi) is 9.92. The van der Waals surface area contributed by atoms with Crippen LogP contribution in [0.3, 0.4) is 0 Å². The van der Waals surface area contributed by atoms with Crippen LogP contribution in [0, 0.1) is 10.2 Å². The highest BCUT2D eigenvalue weighted by atomic mass is 79.9. The van der Waals surface area contributed by atoms with E-state index in [2.05, 4.69) is 31.4 Å². The van der Waals surface area contributed by atoms with Crippen LogP contribution >= 0.6 is 15.9 Å². The third-order valence-corrected chi connectivity index (χ3v) is 2.74. The standard InChI is InChI=1S/C13H10BrN3O.ClHO4.H2O/c14-11-6-4-10(5-7-11)13(18)17-16-9-12-3-1-2-8-15-12;2-1(3,4)5;/h1-9H,(H,17,18);(H,2,3,4,5);1H2/b16-9+;;. The van der Waals surface area contributed by atoms with Gasteiger partial charge in [-0.05, 0) is 30.3 Å². The lowest BCUT2D eigenvalue weighted by Crippen LogP contribution is -2.68. The molecule has 0 saturated heterocycles. The summed E-state index contributed by atoms with van der Waals surface area (Å²) in [6.07, 6.45) is 3.34. The predicted molar refractivity (Wildman–Crippen MR) is 75.8 cm³/mol. The van der Waals surface area contributed by atoms with E-state index in [1.807, 2.05) is 30.3 Å². The normalized spacial score (nSPS) is 10.4. The topological polar surface area (TPSA) is 179 Å². The molecule has 1 amide bonds. The molecule has 2 aromatic rings. The minimum atomic E-state index is -4.94. The number of halogens is 2. The number of hydrogen-bond acceptors (Lipinski definition) is 6. The number of rotatable bonds is 3. The number of carbonyl (C=O) groups is 1. The first-order valence-electron chi connectivity index (χ1n) is 5.93. The molecule has 0 aliphatic heterocycles. The number of amides is 1. The molecular formula is C13H13BrClN3O6. The average Bonchev–Trinajstić information content (AvgIpc) is 2.47. The maximum atomic E-state index is 11.7. The monoisotopic (exact) mass is 421 g/mol. The van der Waals surface area contributed by atoms with Gasteiger partial charge in [-0.15, -0.1) is 10.2 Å². The lowest BCUT2D eigenvalue weighted by molar-refractivity contribution is -2.00. The Morgan fingerprint density at radius 1 is 1.12 bits per heavy atom. The van der Waals surface area contributed by atoms with Crippen molar-refractivity contribution in [2.24, 2.45) is 5.10 Å². The highest BCUT2D eigenvalue weighted by Gasteiger charge is 2.03. The number of carbonyl (C=O) groups excluding carboxylic acids is 1. The molecule has 0 aliphatic rings. The van der Waals surface area contributed by atoms with E-state index in [1.165, 1.54) is 0 Å². The van der Waals surface area contributed by atoms with Gasteiger partial charge in [0, 0.05) is 22.2 Å². The molecule has 1 heterocycles. The van der Waals surface area contributed by atoms with Crippen LogP contribution < -0.4 is 29.0 Å². The maximum absolute atomic E-state index is 11.7. The van der Waals surface area contributed by atoms with Gasteiger partial charge in [-0.3, -0.25) is 4.79 Å². The molecule has 0 spiro atoms. The quantitative estimate of drug-likeness (QED) is 0.396. The third kappa shape index (κ3) is 10.7. The maximum Gasteiger partial charge on any atom is 0.271 e. The number of hydrazone groups is 1. The smallest absolute Gasteiger partial charge is 0.271 e. The van der Waals surface area contributed by atoms with Crippen molar-refractivity contribution in [3.63, 3.8) is 0 Å². The van der Waals surface area contributed by atoms with Crippen molar-refractivity contribution in [1.82, 2.24) is 5.43 Å². The summed E-state index contributed by atoms with van der Waals surface area (Å²) in [4.78, 5) is 14.7. The fourth-order valence-corrected chi connectivity index (χ4v) is 1.58. The largest absolute Gasteiger partial charge is 0.412 e. The number of nitrogens with zero attached hydrogens (tertiary/aromatic N) is 1. The van der Waals surface area contributed by atoms with E-state index in [0.717, 1.165) is 10.2 Å². The summed E-state index contributed by atoms with van der Waals surface area (Å²) in [6, 6.07) is 12.7. The van der Waals surface area contributed by atoms with Crippen LogP contribution in [0.1, 0.15) is 16.1 Å². The Labute approximate surface area is 147 Å². The van der Waals surface area contributed by atoms with Gasteiger partial charge in [-0.2, -0.15) is 5.10 Å². The summed E-state index contributed by atoms with van der Waals surface area (Å²) in [6.45, 7) is 0. The molecule has 1 aromatic carbocycles. The highest BCUT2D eigenvalue weighted by molar-refractivity contribution is 9.10. The molecule has 24 heavy (non-hydrogen) atoms. The first kappa shape index (κ1) is 22.1. The summed E-state index contributed by atoms with van der Waals surface area (Å²) in [5.41, 5.74) is 3.84. The van der Waals surface area contributed by atoms with E-state index in [0.29, 0.717) is 5.56 Å². The van der Waals surface area contributed by atoms with Gasteiger partial charge in [0.05, 0.1) is 0 Å². The summed E-state index contributed by atoms with van der Waals surface area (Å²) >= 11 is 3.31. The van der Waals surface area contributed by atoms with E-state index in [-0.39, 0.29) is 11.4 Å². The van der Waals surface area contributed by atoms with E-state index in [1.54, 1.807) is 24.5 Å². The van der Waals surface area contributed by atoms with Crippen LogP contribution in [0.2, 0.25) is 0 Å². The molecule has 130 valence electrons. The fraction of sp³-hybridized carbons (Fsp3) is 0. The number of nitrogens with one attached hydrogen (secondary N) is 2. The Hall–Kier alpha value is -1.92. The van der Waals surface area contributed by atoms with Crippen molar-refractivity contribution in [2.45, 2.75) is 0 Å².